The third-order valence-electron chi connectivity index (χ3n) is 3.44. The number of phenols is 1. The minimum absolute atomic E-state index is 0.119. The Labute approximate surface area is 135 Å². The van der Waals surface area contributed by atoms with Gasteiger partial charge in [-0.2, -0.15) is 5.10 Å². The fraction of sp³-hybridized carbons (Fsp3) is 0.235. The molecule has 1 aromatic heterocycles. The van der Waals surface area contributed by atoms with E-state index in [1.54, 1.807) is 30.5 Å². The van der Waals surface area contributed by atoms with Gasteiger partial charge < -0.3 is 10.0 Å². The van der Waals surface area contributed by atoms with Crippen molar-refractivity contribution >= 4 is 17.8 Å². The van der Waals surface area contributed by atoms with E-state index in [1.165, 1.54) is 12.4 Å². The molecule has 0 atom stereocenters. The zero-order chi connectivity index (χ0) is 16.7. The number of carbonyl (C=O) groups is 1. The maximum absolute atomic E-state index is 11.8. The van der Waals surface area contributed by atoms with Crippen LogP contribution >= 0.6 is 0 Å². The van der Waals surface area contributed by atoms with Crippen molar-refractivity contribution in [1.82, 2.24) is 10.4 Å². The quantitative estimate of drug-likeness (QED) is 0.634. The van der Waals surface area contributed by atoms with Gasteiger partial charge in [0, 0.05) is 42.8 Å². The number of nitrogens with one attached hydrogen (secondary N) is 1. The molecule has 2 rings (SSSR count). The fourth-order valence-corrected chi connectivity index (χ4v) is 2.15. The number of hydrazone groups is 1. The minimum Gasteiger partial charge on any atom is -0.507 e. The van der Waals surface area contributed by atoms with E-state index < -0.39 is 0 Å². The molecule has 2 N–H and O–H groups in total. The number of benzene rings is 1. The summed E-state index contributed by atoms with van der Waals surface area (Å²) < 4.78 is 0. The van der Waals surface area contributed by atoms with E-state index in [0.29, 0.717) is 11.1 Å². The summed E-state index contributed by atoms with van der Waals surface area (Å²) in [5, 5.41) is 13.9. The largest absolute Gasteiger partial charge is 0.507 e. The molecule has 0 spiro atoms. The first-order chi connectivity index (χ1) is 11.2. The summed E-state index contributed by atoms with van der Waals surface area (Å²) in [5.41, 5.74) is 4.31. The number of hydrogen-bond donors (Lipinski definition) is 2. The molecule has 0 unspecified atom stereocenters. The minimum atomic E-state index is -0.353. The van der Waals surface area contributed by atoms with Crippen LogP contribution < -0.4 is 10.3 Å². The summed E-state index contributed by atoms with van der Waals surface area (Å²) in [5.74, 6) is -0.234. The Hall–Kier alpha value is -2.89. The topological polar surface area (TPSA) is 77.8 Å². The number of amides is 1. The number of phenolic OH excluding ortho intramolecular Hbond substituents is 1. The van der Waals surface area contributed by atoms with Gasteiger partial charge in [-0.3, -0.25) is 9.78 Å². The van der Waals surface area contributed by atoms with Gasteiger partial charge >= 0.3 is 0 Å². The molecule has 120 valence electrons. The molecule has 0 saturated heterocycles. The number of nitrogens with zero attached hydrogens (tertiary/aromatic N) is 3. The first-order valence-corrected chi connectivity index (χ1v) is 7.47. The van der Waals surface area contributed by atoms with E-state index in [2.05, 4.69) is 34.3 Å². The molecule has 0 saturated carbocycles. The highest BCUT2D eigenvalue weighted by atomic mass is 16.3. The number of aromatic hydroxyl groups is 1. The summed E-state index contributed by atoms with van der Waals surface area (Å²) in [6.45, 7) is 5.85. The smallest absolute Gasteiger partial charge is 0.272 e. The van der Waals surface area contributed by atoms with Crippen LogP contribution in [0, 0.1) is 0 Å². The van der Waals surface area contributed by atoms with Gasteiger partial charge in [-0.25, -0.2) is 5.43 Å². The summed E-state index contributed by atoms with van der Waals surface area (Å²) >= 11 is 0. The van der Waals surface area contributed by atoms with Crippen LogP contribution in [0.25, 0.3) is 0 Å². The van der Waals surface area contributed by atoms with E-state index >= 15 is 0 Å². The van der Waals surface area contributed by atoms with Gasteiger partial charge in [-0.15, -0.1) is 0 Å². The Balaban J connectivity index is 2.04. The molecule has 1 aromatic carbocycles. The predicted molar refractivity (Wildman–Crippen MR) is 91.0 cm³/mol. The van der Waals surface area contributed by atoms with Gasteiger partial charge in [0.15, 0.2) is 0 Å². The lowest BCUT2D eigenvalue weighted by atomic mass is 10.2. The maximum Gasteiger partial charge on any atom is 0.272 e. The van der Waals surface area contributed by atoms with Crippen LogP contribution in [-0.2, 0) is 0 Å². The molecule has 1 heterocycles. The molecule has 0 radical (unpaired) electrons. The van der Waals surface area contributed by atoms with E-state index in [4.69, 9.17) is 0 Å². The molecular formula is C17H20N4O2. The van der Waals surface area contributed by atoms with Crippen molar-refractivity contribution in [2.75, 3.05) is 18.0 Å². The summed E-state index contributed by atoms with van der Waals surface area (Å²) in [4.78, 5) is 17.8. The Bertz CT molecular complexity index is 682. The Morgan fingerprint density at radius 3 is 2.74 bits per heavy atom. The van der Waals surface area contributed by atoms with Gasteiger partial charge in [-0.1, -0.05) is 0 Å². The highest BCUT2D eigenvalue weighted by Crippen LogP contribution is 2.23. The average Bonchev–Trinajstić information content (AvgIpc) is 2.58. The van der Waals surface area contributed by atoms with Crippen LogP contribution in [-0.4, -0.2) is 35.3 Å². The van der Waals surface area contributed by atoms with Crippen molar-refractivity contribution < 1.29 is 9.90 Å². The molecule has 0 aliphatic carbocycles. The second kappa shape index (κ2) is 7.93. The zero-order valence-corrected chi connectivity index (χ0v) is 13.2. The molecule has 6 nitrogen and oxygen atoms in total. The van der Waals surface area contributed by atoms with Crippen LogP contribution in [0.15, 0.2) is 47.8 Å². The monoisotopic (exact) mass is 312 g/mol. The summed E-state index contributed by atoms with van der Waals surface area (Å²) in [6, 6.07) is 8.70. The molecule has 0 aliphatic heterocycles. The van der Waals surface area contributed by atoms with E-state index in [0.717, 1.165) is 18.8 Å². The van der Waals surface area contributed by atoms with Gasteiger partial charge in [0.2, 0.25) is 0 Å². The number of anilines is 1. The number of rotatable bonds is 6. The number of hydrogen-bond acceptors (Lipinski definition) is 5. The lowest BCUT2D eigenvalue weighted by Crippen LogP contribution is -2.21. The van der Waals surface area contributed by atoms with Gasteiger partial charge in [0.05, 0.1) is 11.8 Å². The van der Waals surface area contributed by atoms with E-state index in [9.17, 15) is 9.90 Å². The predicted octanol–water partition coefficient (Wildman–Crippen LogP) is 2.40. The van der Waals surface area contributed by atoms with Gasteiger partial charge in [0.25, 0.3) is 5.91 Å². The van der Waals surface area contributed by atoms with Crippen LogP contribution in [0.1, 0.15) is 29.8 Å². The maximum atomic E-state index is 11.8. The lowest BCUT2D eigenvalue weighted by Gasteiger charge is -2.21. The van der Waals surface area contributed by atoms with Gasteiger partial charge in [-0.05, 0) is 38.1 Å². The number of pyridine rings is 1. The van der Waals surface area contributed by atoms with E-state index in [1.807, 2.05) is 6.07 Å². The highest BCUT2D eigenvalue weighted by molar-refractivity contribution is 5.94. The van der Waals surface area contributed by atoms with Crippen LogP contribution in [0.3, 0.4) is 0 Å². The lowest BCUT2D eigenvalue weighted by molar-refractivity contribution is 0.0954. The normalized spacial score (nSPS) is 10.7. The third-order valence-corrected chi connectivity index (χ3v) is 3.44. The Morgan fingerprint density at radius 1 is 1.35 bits per heavy atom. The second-order valence-electron chi connectivity index (χ2n) is 4.86. The molecule has 2 aromatic rings. The van der Waals surface area contributed by atoms with Crippen molar-refractivity contribution in [2.45, 2.75) is 13.8 Å². The third kappa shape index (κ3) is 4.29. The second-order valence-corrected chi connectivity index (χ2v) is 4.86. The summed E-state index contributed by atoms with van der Waals surface area (Å²) in [7, 11) is 0. The van der Waals surface area contributed by atoms with Crippen molar-refractivity contribution in [3.63, 3.8) is 0 Å². The van der Waals surface area contributed by atoms with Crippen LogP contribution in [0.5, 0.6) is 5.75 Å². The molecular weight excluding hydrogens is 292 g/mol. The van der Waals surface area contributed by atoms with Crippen molar-refractivity contribution in [3.05, 3.63) is 53.9 Å². The fourth-order valence-electron chi connectivity index (χ4n) is 2.15. The highest BCUT2D eigenvalue weighted by Gasteiger charge is 2.06. The molecule has 23 heavy (non-hydrogen) atoms. The molecule has 0 fully saturated rings. The van der Waals surface area contributed by atoms with Gasteiger partial charge in [0.1, 0.15) is 5.75 Å². The first-order valence-electron chi connectivity index (χ1n) is 7.47. The van der Waals surface area contributed by atoms with Crippen LogP contribution in [0.4, 0.5) is 5.69 Å². The van der Waals surface area contributed by atoms with Crippen LogP contribution in [0.2, 0.25) is 0 Å². The zero-order valence-electron chi connectivity index (χ0n) is 13.2. The van der Waals surface area contributed by atoms with Crippen molar-refractivity contribution in [2.24, 2.45) is 5.10 Å². The molecule has 1 amide bonds. The van der Waals surface area contributed by atoms with Crippen molar-refractivity contribution in [1.29, 1.82) is 0 Å². The standard InChI is InChI=1S/C17H20N4O2/c1-3-21(4-2)15-8-7-13(16(22)10-15)12-19-20-17(23)14-6-5-9-18-11-14/h5-12,22H,3-4H2,1-2H3,(H,20,23). The molecule has 0 bridgehead atoms. The Morgan fingerprint density at radius 2 is 2.13 bits per heavy atom. The molecule has 0 aliphatic rings. The SMILES string of the molecule is CCN(CC)c1ccc(C=NNC(=O)c2cccnc2)c(O)c1. The molecule has 6 heteroatoms. The Kier molecular flexibility index (Phi) is 5.68. The first kappa shape index (κ1) is 16.5. The van der Waals surface area contributed by atoms with Crippen molar-refractivity contribution in [3.8, 4) is 5.75 Å². The summed E-state index contributed by atoms with van der Waals surface area (Å²) in [6.07, 6.45) is 4.46. The average molecular weight is 312 g/mol. The number of carbonyl (C=O) groups excluding carboxylic acids is 1. The number of aromatic nitrogens is 1. The van der Waals surface area contributed by atoms with E-state index in [-0.39, 0.29) is 11.7 Å².